The maximum Gasteiger partial charge on any atom is 0.250 e. The topological polar surface area (TPSA) is 47.6 Å². The predicted molar refractivity (Wildman–Crippen MR) is 77.1 cm³/mol. The number of amides is 1. The van der Waals surface area contributed by atoms with Gasteiger partial charge in [-0.3, -0.25) is 4.79 Å². The molecule has 0 unspecified atom stereocenters. The van der Waals surface area contributed by atoms with Crippen LogP contribution in [0.3, 0.4) is 0 Å². The first-order chi connectivity index (χ1) is 8.73. The Kier molecular flexibility index (Phi) is 5.20. The van der Waals surface area contributed by atoms with Gasteiger partial charge in [0.1, 0.15) is 12.4 Å². The zero-order chi connectivity index (χ0) is 14.6. The third-order valence-electron chi connectivity index (χ3n) is 2.39. The van der Waals surface area contributed by atoms with E-state index in [0.29, 0.717) is 16.5 Å². The third kappa shape index (κ3) is 5.09. The van der Waals surface area contributed by atoms with Crippen molar-refractivity contribution < 1.29 is 14.3 Å². The minimum Gasteiger partial charge on any atom is -0.495 e. The Morgan fingerprint density at radius 2 is 2.00 bits per heavy atom. The lowest BCUT2D eigenvalue weighted by Crippen LogP contribution is -2.27. The van der Waals surface area contributed by atoms with Gasteiger partial charge >= 0.3 is 0 Å². The molecule has 0 aliphatic heterocycles. The highest BCUT2D eigenvalue weighted by molar-refractivity contribution is 6.31. The molecule has 0 radical (unpaired) electrons. The fourth-order valence-corrected chi connectivity index (χ4v) is 1.55. The molecule has 0 saturated heterocycles. The Balaban J connectivity index is 2.76. The van der Waals surface area contributed by atoms with Crippen LogP contribution >= 0.6 is 11.6 Å². The lowest BCUT2D eigenvalue weighted by atomic mass is 10.2. The highest BCUT2D eigenvalue weighted by Gasteiger charge is 2.15. The molecule has 1 aromatic carbocycles. The molecule has 4 nitrogen and oxygen atoms in total. The van der Waals surface area contributed by atoms with E-state index < -0.39 is 0 Å². The minimum atomic E-state index is -0.350. The molecule has 0 aliphatic rings. The molecule has 0 spiro atoms. The number of methoxy groups -OCH3 is 1. The summed E-state index contributed by atoms with van der Waals surface area (Å²) in [5, 5.41) is 3.35. The molecule has 0 aromatic heterocycles. The summed E-state index contributed by atoms with van der Waals surface area (Å²) in [6.45, 7) is 7.55. The average molecular weight is 286 g/mol. The molecule has 106 valence electrons. The van der Waals surface area contributed by atoms with E-state index in [9.17, 15) is 4.79 Å². The van der Waals surface area contributed by atoms with Crippen molar-refractivity contribution in [2.45, 2.75) is 33.3 Å². The first-order valence-corrected chi connectivity index (χ1v) is 6.38. The van der Waals surface area contributed by atoms with Crippen molar-refractivity contribution in [3.8, 4) is 5.75 Å². The van der Waals surface area contributed by atoms with Gasteiger partial charge < -0.3 is 14.8 Å². The van der Waals surface area contributed by atoms with Crippen LogP contribution < -0.4 is 10.1 Å². The second kappa shape index (κ2) is 6.26. The summed E-state index contributed by atoms with van der Waals surface area (Å²) in [7, 11) is 1.53. The quantitative estimate of drug-likeness (QED) is 0.922. The number of ether oxygens (including phenoxy) is 2. The van der Waals surface area contributed by atoms with Crippen LogP contribution in [0.4, 0.5) is 5.69 Å². The van der Waals surface area contributed by atoms with Gasteiger partial charge in [-0.05, 0) is 39.3 Å². The van der Waals surface area contributed by atoms with Gasteiger partial charge in [-0.25, -0.2) is 0 Å². The van der Waals surface area contributed by atoms with E-state index in [0.717, 1.165) is 5.56 Å². The van der Waals surface area contributed by atoms with Crippen molar-refractivity contribution in [1.82, 2.24) is 0 Å². The van der Waals surface area contributed by atoms with Crippen molar-refractivity contribution in [2.75, 3.05) is 19.0 Å². The van der Waals surface area contributed by atoms with Gasteiger partial charge in [0.15, 0.2) is 0 Å². The van der Waals surface area contributed by atoms with Crippen LogP contribution in [0.1, 0.15) is 26.3 Å². The molecule has 19 heavy (non-hydrogen) atoms. The number of halogens is 1. The van der Waals surface area contributed by atoms with Gasteiger partial charge in [0.25, 0.3) is 0 Å². The van der Waals surface area contributed by atoms with Crippen molar-refractivity contribution in [1.29, 1.82) is 0 Å². The van der Waals surface area contributed by atoms with Crippen LogP contribution in [0, 0.1) is 6.92 Å². The number of nitrogens with one attached hydrogen (secondary N) is 1. The Hall–Kier alpha value is -1.26. The van der Waals surface area contributed by atoms with Gasteiger partial charge in [-0.1, -0.05) is 11.6 Å². The molecule has 0 atom stereocenters. The van der Waals surface area contributed by atoms with Gasteiger partial charge in [0.05, 0.1) is 18.4 Å². The molecule has 1 N–H and O–H groups in total. The summed E-state index contributed by atoms with van der Waals surface area (Å²) in [5.41, 5.74) is 1.11. The number of carbonyl (C=O) groups is 1. The van der Waals surface area contributed by atoms with E-state index >= 15 is 0 Å². The standard InChI is InChI=1S/C14H20ClNO3/c1-9-6-11(12(18-5)7-10(9)15)16-13(17)8-19-14(2,3)4/h6-7H,8H2,1-5H3,(H,16,17). The van der Waals surface area contributed by atoms with Crippen LogP contribution in [0.5, 0.6) is 5.75 Å². The number of hydrogen-bond acceptors (Lipinski definition) is 3. The smallest absolute Gasteiger partial charge is 0.250 e. The molecule has 1 amide bonds. The van der Waals surface area contributed by atoms with Gasteiger partial charge in [-0.15, -0.1) is 0 Å². The van der Waals surface area contributed by atoms with E-state index in [2.05, 4.69) is 5.32 Å². The molecule has 0 saturated carbocycles. The lowest BCUT2D eigenvalue weighted by molar-refractivity contribution is -0.125. The van der Waals surface area contributed by atoms with E-state index in [-0.39, 0.29) is 18.1 Å². The van der Waals surface area contributed by atoms with Crippen LogP contribution in [-0.2, 0) is 9.53 Å². The Labute approximate surface area is 119 Å². The number of hydrogen-bond donors (Lipinski definition) is 1. The lowest BCUT2D eigenvalue weighted by Gasteiger charge is -2.19. The Bertz CT molecular complexity index is 466. The summed E-state index contributed by atoms with van der Waals surface area (Å²) < 4.78 is 10.6. The second-order valence-corrected chi connectivity index (χ2v) is 5.66. The number of carbonyl (C=O) groups excluding carboxylic acids is 1. The number of rotatable bonds is 4. The normalized spacial score (nSPS) is 11.3. The van der Waals surface area contributed by atoms with Crippen LogP contribution in [0.2, 0.25) is 5.02 Å². The molecule has 1 aromatic rings. The second-order valence-electron chi connectivity index (χ2n) is 5.25. The van der Waals surface area contributed by atoms with Crippen LogP contribution in [0.15, 0.2) is 12.1 Å². The van der Waals surface area contributed by atoms with Crippen LogP contribution in [0.25, 0.3) is 0 Å². The number of aryl methyl sites for hydroxylation is 1. The van der Waals surface area contributed by atoms with Crippen molar-refractivity contribution in [3.63, 3.8) is 0 Å². The van der Waals surface area contributed by atoms with Crippen molar-refractivity contribution >= 4 is 23.2 Å². The molecule has 0 fully saturated rings. The molecular weight excluding hydrogens is 266 g/mol. The monoisotopic (exact) mass is 285 g/mol. The summed E-state index contributed by atoms with van der Waals surface area (Å²) in [5.74, 6) is 0.301. The Morgan fingerprint density at radius 1 is 1.37 bits per heavy atom. The van der Waals surface area contributed by atoms with E-state index in [4.69, 9.17) is 21.1 Å². The first kappa shape index (κ1) is 15.8. The van der Waals surface area contributed by atoms with Crippen LogP contribution in [-0.4, -0.2) is 25.2 Å². The first-order valence-electron chi connectivity index (χ1n) is 6.01. The van der Waals surface area contributed by atoms with Crippen molar-refractivity contribution in [2.24, 2.45) is 0 Å². The summed E-state index contributed by atoms with van der Waals surface area (Å²) in [4.78, 5) is 11.8. The zero-order valence-corrected chi connectivity index (χ0v) is 12.7. The van der Waals surface area contributed by atoms with E-state index in [1.54, 1.807) is 12.1 Å². The van der Waals surface area contributed by atoms with Gasteiger partial charge in [-0.2, -0.15) is 0 Å². The summed E-state index contributed by atoms with van der Waals surface area (Å²) in [6, 6.07) is 3.45. The average Bonchev–Trinajstić information content (AvgIpc) is 2.30. The maximum atomic E-state index is 11.8. The van der Waals surface area contributed by atoms with E-state index in [1.807, 2.05) is 27.7 Å². The molecule has 5 heteroatoms. The molecular formula is C14H20ClNO3. The SMILES string of the molecule is COc1cc(Cl)c(C)cc1NC(=O)COC(C)(C)C. The summed E-state index contributed by atoms with van der Waals surface area (Å²) >= 11 is 6.00. The number of anilines is 1. The third-order valence-corrected chi connectivity index (χ3v) is 2.80. The number of benzene rings is 1. The van der Waals surface area contributed by atoms with E-state index in [1.165, 1.54) is 7.11 Å². The molecule has 0 aliphatic carbocycles. The summed E-state index contributed by atoms with van der Waals surface area (Å²) in [6.07, 6.45) is 0. The van der Waals surface area contributed by atoms with Crippen molar-refractivity contribution in [3.05, 3.63) is 22.7 Å². The minimum absolute atomic E-state index is 0.00563. The highest BCUT2D eigenvalue weighted by atomic mass is 35.5. The fourth-order valence-electron chi connectivity index (χ4n) is 1.40. The molecule has 0 bridgehead atoms. The fraction of sp³-hybridized carbons (Fsp3) is 0.500. The molecule has 1 rings (SSSR count). The van der Waals surface area contributed by atoms with Gasteiger partial charge in [0, 0.05) is 11.1 Å². The predicted octanol–water partition coefficient (Wildman–Crippen LogP) is 3.41. The maximum absolute atomic E-state index is 11.8. The zero-order valence-electron chi connectivity index (χ0n) is 12.0. The highest BCUT2D eigenvalue weighted by Crippen LogP contribution is 2.30. The van der Waals surface area contributed by atoms with Gasteiger partial charge in [0.2, 0.25) is 5.91 Å². The molecule has 0 heterocycles. The Morgan fingerprint density at radius 3 is 2.53 bits per heavy atom. The largest absolute Gasteiger partial charge is 0.495 e.